The second kappa shape index (κ2) is 8.36. The van der Waals surface area contributed by atoms with Crippen molar-refractivity contribution in [1.29, 1.82) is 0 Å². The van der Waals surface area contributed by atoms with E-state index < -0.39 is 0 Å². The molecule has 0 saturated heterocycles. The van der Waals surface area contributed by atoms with E-state index in [4.69, 9.17) is 0 Å². The molecule has 0 N–H and O–H groups in total. The molecule has 0 heterocycles. The second-order valence-corrected chi connectivity index (χ2v) is 5.64. The molecule has 0 atom stereocenters. The maximum atomic E-state index is 12.5. The van der Waals surface area contributed by atoms with E-state index >= 15 is 0 Å². The minimum atomic E-state index is 0.238. The van der Waals surface area contributed by atoms with Gasteiger partial charge in [-0.05, 0) is 30.9 Å². The summed E-state index contributed by atoms with van der Waals surface area (Å²) in [5.41, 5.74) is 2.33. The standard InChI is InChI=1S/C16H24BrNO/c1-4-15(5-2)18(11-10-17)16(19)12-14-9-7-6-8-13(14)3/h6-9,15H,4-5,10-12H2,1-3H3. The molecule has 2 nitrogen and oxygen atoms in total. The van der Waals surface area contributed by atoms with Gasteiger partial charge in [0, 0.05) is 17.9 Å². The van der Waals surface area contributed by atoms with E-state index in [1.165, 1.54) is 5.56 Å². The Bertz CT molecular complexity index is 401. The molecule has 19 heavy (non-hydrogen) atoms. The Hall–Kier alpha value is -0.830. The Kier molecular flexibility index (Phi) is 7.14. The van der Waals surface area contributed by atoms with Gasteiger partial charge in [-0.25, -0.2) is 0 Å². The molecule has 0 bridgehead atoms. The molecule has 0 aliphatic carbocycles. The summed E-state index contributed by atoms with van der Waals surface area (Å²) in [6, 6.07) is 8.48. The third-order valence-corrected chi connectivity index (χ3v) is 3.99. The fourth-order valence-electron chi connectivity index (χ4n) is 2.40. The predicted molar refractivity (Wildman–Crippen MR) is 84.8 cm³/mol. The Labute approximate surface area is 125 Å². The first kappa shape index (κ1) is 16.2. The minimum absolute atomic E-state index is 0.238. The highest BCUT2D eigenvalue weighted by atomic mass is 79.9. The molecule has 0 fully saturated rings. The van der Waals surface area contributed by atoms with Gasteiger partial charge in [-0.15, -0.1) is 0 Å². The average Bonchev–Trinajstić information content (AvgIpc) is 2.41. The van der Waals surface area contributed by atoms with Gasteiger partial charge in [-0.2, -0.15) is 0 Å². The van der Waals surface area contributed by atoms with Gasteiger partial charge in [0.25, 0.3) is 0 Å². The van der Waals surface area contributed by atoms with Crippen LogP contribution in [0.5, 0.6) is 0 Å². The lowest BCUT2D eigenvalue weighted by molar-refractivity contribution is -0.132. The number of rotatable bonds is 7. The first-order valence-electron chi connectivity index (χ1n) is 7.03. The fraction of sp³-hybridized carbons (Fsp3) is 0.562. The number of nitrogens with zero attached hydrogens (tertiary/aromatic N) is 1. The molecule has 1 rings (SSSR count). The highest BCUT2D eigenvalue weighted by Crippen LogP contribution is 2.14. The van der Waals surface area contributed by atoms with Crippen molar-refractivity contribution >= 4 is 21.8 Å². The fourth-order valence-corrected chi connectivity index (χ4v) is 2.79. The monoisotopic (exact) mass is 325 g/mol. The summed E-state index contributed by atoms with van der Waals surface area (Å²) in [5.74, 6) is 0.238. The lowest BCUT2D eigenvalue weighted by atomic mass is 10.0. The van der Waals surface area contributed by atoms with Crippen molar-refractivity contribution in [2.24, 2.45) is 0 Å². The number of hydrogen-bond donors (Lipinski definition) is 0. The molecule has 1 aromatic carbocycles. The van der Waals surface area contributed by atoms with E-state index in [0.717, 1.165) is 30.3 Å². The third-order valence-electron chi connectivity index (χ3n) is 3.63. The molecule has 106 valence electrons. The van der Waals surface area contributed by atoms with Crippen molar-refractivity contribution in [3.8, 4) is 0 Å². The van der Waals surface area contributed by atoms with Gasteiger partial charge in [0.1, 0.15) is 0 Å². The summed E-state index contributed by atoms with van der Waals surface area (Å²) in [4.78, 5) is 14.5. The number of alkyl halides is 1. The molecule has 1 amide bonds. The zero-order chi connectivity index (χ0) is 14.3. The summed E-state index contributed by atoms with van der Waals surface area (Å²) >= 11 is 3.45. The summed E-state index contributed by atoms with van der Waals surface area (Å²) in [7, 11) is 0. The van der Waals surface area contributed by atoms with Gasteiger partial charge in [-0.3, -0.25) is 4.79 Å². The topological polar surface area (TPSA) is 20.3 Å². The molecule has 0 saturated carbocycles. The van der Waals surface area contributed by atoms with Crippen molar-refractivity contribution in [3.05, 3.63) is 35.4 Å². The van der Waals surface area contributed by atoms with Gasteiger partial charge >= 0.3 is 0 Å². The molecule has 0 aromatic heterocycles. The lowest BCUT2D eigenvalue weighted by Gasteiger charge is -2.30. The van der Waals surface area contributed by atoms with E-state index in [9.17, 15) is 4.79 Å². The van der Waals surface area contributed by atoms with E-state index in [-0.39, 0.29) is 5.91 Å². The maximum absolute atomic E-state index is 12.5. The van der Waals surface area contributed by atoms with Crippen LogP contribution in [0.1, 0.15) is 37.8 Å². The Morgan fingerprint density at radius 1 is 1.26 bits per heavy atom. The number of hydrogen-bond acceptors (Lipinski definition) is 1. The molecular formula is C16H24BrNO. The Morgan fingerprint density at radius 3 is 2.42 bits per heavy atom. The number of benzene rings is 1. The minimum Gasteiger partial charge on any atom is -0.339 e. The van der Waals surface area contributed by atoms with Gasteiger partial charge < -0.3 is 4.90 Å². The van der Waals surface area contributed by atoms with Crippen LogP contribution in [0.4, 0.5) is 0 Å². The number of halogens is 1. The Morgan fingerprint density at radius 2 is 1.89 bits per heavy atom. The summed E-state index contributed by atoms with van der Waals surface area (Å²) in [6.07, 6.45) is 2.54. The molecular weight excluding hydrogens is 302 g/mol. The highest BCUT2D eigenvalue weighted by molar-refractivity contribution is 9.09. The molecule has 3 heteroatoms. The van der Waals surface area contributed by atoms with Crippen LogP contribution >= 0.6 is 15.9 Å². The van der Waals surface area contributed by atoms with Crippen molar-refractivity contribution in [1.82, 2.24) is 4.90 Å². The van der Waals surface area contributed by atoms with Crippen molar-refractivity contribution in [3.63, 3.8) is 0 Å². The second-order valence-electron chi connectivity index (χ2n) is 4.85. The van der Waals surface area contributed by atoms with Crippen LogP contribution < -0.4 is 0 Å². The number of carbonyl (C=O) groups excluding carboxylic acids is 1. The first-order valence-corrected chi connectivity index (χ1v) is 8.16. The average molecular weight is 326 g/mol. The van der Waals surface area contributed by atoms with Crippen molar-refractivity contribution in [2.75, 3.05) is 11.9 Å². The van der Waals surface area contributed by atoms with Gasteiger partial charge in [0.15, 0.2) is 0 Å². The van der Waals surface area contributed by atoms with Crippen LogP contribution in [0.15, 0.2) is 24.3 Å². The zero-order valence-electron chi connectivity index (χ0n) is 12.2. The van der Waals surface area contributed by atoms with E-state index in [1.54, 1.807) is 0 Å². The van der Waals surface area contributed by atoms with E-state index in [0.29, 0.717) is 12.5 Å². The highest BCUT2D eigenvalue weighted by Gasteiger charge is 2.20. The van der Waals surface area contributed by atoms with Crippen LogP contribution in [0.2, 0.25) is 0 Å². The van der Waals surface area contributed by atoms with Gasteiger partial charge in [0.05, 0.1) is 6.42 Å². The maximum Gasteiger partial charge on any atom is 0.227 e. The van der Waals surface area contributed by atoms with Crippen LogP contribution in [0.25, 0.3) is 0 Å². The molecule has 0 unspecified atom stereocenters. The van der Waals surface area contributed by atoms with Crippen LogP contribution in [-0.2, 0) is 11.2 Å². The Balaban J connectivity index is 2.80. The van der Waals surface area contributed by atoms with Gasteiger partial charge in [-0.1, -0.05) is 54.0 Å². The number of amides is 1. The van der Waals surface area contributed by atoms with E-state index in [2.05, 4.69) is 42.8 Å². The molecule has 0 radical (unpaired) electrons. The quantitative estimate of drug-likeness (QED) is 0.695. The SMILES string of the molecule is CCC(CC)N(CCBr)C(=O)Cc1ccccc1C. The van der Waals surface area contributed by atoms with Crippen LogP contribution in [-0.4, -0.2) is 28.7 Å². The predicted octanol–water partition coefficient (Wildman–Crippen LogP) is 3.95. The van der Waals surface area contributed by atoms with Crippen LogP contribution in [0, 0.1) is 6.92 Å². The molecule has 0 spiro atoms. The van der Waals surface area contributed by atoms with Crippen molar-refractivity contribution in [2.45, 2.75) is 46.1 Å². The van der Waals surface area contributed by atoms with Crippen molar-refractivity contribution < 1.29 is 4.79 Å². The molecule has 0 aliphatic rings. The van der Waals surface area contributed by atoms with Crippen LogP contribution in [0.3, 0.4) is 0 Å². The summed E-state index contributed by atoms with van der Waals surface area (Å²) < 4.78 is 0. The third kappa shape index (κ3) is 4.64. The zero-order valence-corrected chi connectivity index (χ0v) is 13.7. The smallest absolute Gasteiger partial charge is 0.227 e. The number of carbonyl (C=O) groups is 1. The molecule has 1 aromatic rings. The normalized spacial score (nSPS) is 10.8. The summed E-state index contributed by atoms with van der Waals surface area (Å²) in [6.45, 7) is 7.15. The first-order chi connectivity index (χ1) is 9.13. The van der Waals surface area contributed by atoms with Gasteiger partial charge in [0.2, 0.25) is 5.91 Å². The molecule has 0 aliphatic heterocycles. The largest absolute Gasteiger partial charge is 0.339 e. The lowest BCUT2D eigenvalue weighted by Crippen LogP contribution is -2.41. The number of aryl methyl sites for hydroxylation is 1. The summed E-state index contributed by atoms with van der Waals surface area (Å²) in [5, 5.41) is 0.836. The van der Waals surface area contributed by atoms with E-state index in [1.807, 2.05) is 23.1 Å².